The largest absolute Gasteiger partial charge is 0.219 e. The Kier molecular flexibility index (Phi) is 0.745. The Bertz CT molecular complexity index is 283. The van der Waals surface area contributed by atoms with Gasteiger partial charge in [0.05, 0.1) is 0 Å². The third-order valence-corrected chi connectivity index (χ3v) is 1.10. The molecule has 0 aliphatic rings. The van der Waals surface area contributed by atoms with Crippen LogP contribution in [0.4, 0.5) is 0 Å². The van der Waals surface area contributed by atoms with Crippen LogP contribution in [-0.2, 0) is 0 Å². The predicted octanol–water partition coefficient (Wildman–Crippen LogP) is 0.124. The minimum absolute atomic E-state index is 0.775. The van der Waals surface area contributed by atoms with Gasteiger partial charge in [-0.05, 0) is 12.1 Å². The van der Waals surface area contributed by atoms with E-state index < -0.39 is 0 Å². The first-order chi connectivity index (χ1) is 4.47. The molecule has 0 aliphatic heterocycles. The van der Waals surface area contributed by atoms with Crippen molar-refractivity contribution in [3.8, 4) is 0 Å². The van der Waals surface area contributed by atoms with Gasteiger partial charge in [-0.2, -0.15) is 5.10 Å². The van der Waals surface area contributed by atoms with E-state index >= 15 is 0 Å². The van der Waals surface area contributed by atoms with Gasteiger partial charge in [0.1, 0.15) is 0 Å². The van der Waals surface area contributed by atoms with Crippen molar-refractivity contribution in [1.82, 2.24) is 19.8 Å². The third kappa shape index (κ3) is 0.561. The van der Waals surface area contributed by atoms with E-state index in [0.29, 0.717) is 0 Å². The van der Waals surface area contributed by atoms with Crippen LogP contribution < -0.4 is 0 Å². The second kappa shape index (κ2) is 1.51. The second-order valence-corrected chi connectivity index (χ2v) is 1.66. The van der Waals surface area contributed by atoms with E-state index in [1.807, 2.05) is 18.3 Å². The van der Waals surface area contributed by atoms with Gasteiger partial charge in [-0.25, -0.2) is 4.52 Å². The molecule has 2 aromatic rings. The molecule has 0 N–H and O–H groups in total. The average Bonchev–Trinajstić information content (AvgIpc) is 2.33. The van der Waals surface area contributed by atoms with Gasteiger partial charge in [0.2, 0.25) is 0 Å². The Morgan fingerprint density at radius 2 is 2.44 bits per heavy atom. The highest BCUT2D eigenvalue weighted by atomic mass is 15.3. The van der Waals surface area contributed by atoms with Crippen molar-refractivity contribution in [1.29, 1.82) is 0 Å². The number of nitrogens with zero attached hydrogens (tertiary/aromatic N) is 4. The quantitative estimate of drug-likeness (QED) is 0.496. The summed E-state index contributed by atoms with van der Waals surface area (Å²) in [5.41, 5.74) is 0.775. The summed E-state index contributed by atoms with van der Waals surface area (Å²) < 4.78 is 1.66. The van der Waals surface area contributed by atoms with Gasteiger partial charge < -0.3 is 0 Å². The van der Waals surface area contributed by atoms with Crippen molar-refractivity contribution < 1.29 is 0 Å². The predicted molar refractivity (Wildman–Crippen MR) is 30.8 cm³/mol. The molecule has 0 fully saturated rings. The Hall–Kier alpha value is -1.45. The van der Waals surface area contributed by atoms with Crippen LogP contribution in [0.3, 0.4) is 0 Å². The highest BCUT2D eigenvalue weighted by molar-refractivity contribution is 5.34. The maximum Gasteiger partial charge on any atom is 0.175 e. The molecule has 0 aliphatic carbocycles. The topological polar surface area (TPSA) is 43.1 Å². The Labute approximate surface area is 51.1 Å². The van der Waals surface area contributed by atoms with E-state index in [0.717, 1.165) is 5.65 Å². The van der Waals surface area contributed by atoms with Crippen LogP contribution in [-0.4, -0.2) is 19.8 Å². The maximum absolute atomic E-state index is 3.88. The van der Waals surface area contributed by atoms with Gasteiger partial charge in [-0.15, -0.1) is 10.2 Å². The summed E-state index contributed by atoms with van der Waals surface area (Å²) >= 11 is 0. The van der Waals surface area contributed by atoms with E-state index in [4.69, 9.17) is 0 Å². The van der Waals surface area contributed by atoms with Gasteiger partial charge >= 0.3 is 0 Å². The lowest BCUT2D eigenvalue weighted by atomic mass is 10.7. The molecule has 0 saturated carbocycles. The molecule has 4 nitrogen and oxygen atoms in total. The molecule has 9 heavy (non-hydrogen) atoms. The van der Waals surface area contributed by atoms with Crippen molar-refractivity contribution in [3.63, 3.8) is 0 Å². The molecule has 0 saturated heterocycles. The average molecular weight is 120 g/mol. The van der Waals surface area contributed by atoms with Crippen LogP contribution >= 0.6 is 0 Å². The molecule has 2 heterocycles. The molecule has 0 bridgehead atoms. The first kappa shape index (κ1) is 4.43. The van der Waals surface area contributed by atoms with Crippen LogP contribution in [0.25, 0.3) is 5.65 Å². The van der Waals surface area contributed by atoms with E-state index in [9.17, 15) is 0 Å². The first-order valence-corrected chi connectivity index (χ1v) is 2.58. The van der Waals surface area contributed by atoms with Crippen LogP contribution in [0, 0.1) is 0 Å². The normalized spacial score (nSPS) is 10.2. The number of hydrogen-bond acceptors (Lipinski definition) is 3. The van der Waals surface area contributed by atoms with Crippen molar-refractivity contribution in [2.45, 2.75) is 0 Å². The lowest BCUT2D eigenvalue weighted by Crippen LogP contribution is -1.92. The fourth-order valence-corrected chi connectivity index (χ4v) is 0.704. The van der Waals surface area contributed by atoms with Gasteiger partial charge in [-0.1, -0.05) is 0 Å². The Morgan fingerprint density at radius 3 is 3.33 bits per heavy atom. The van der Waals surface area contributed by atoms with Gasteiger partial charge in [0, 0.05) is 6.20 Å². The smallest absolute Gasteiger partial charge is 0.175 e. The van der Waals surface area contributed by atoms with Gasteiger partial charge in [0.15, 0.2) is 12.0 Å². The summed E-state index contributed by atoms with van der Waals surface area (Å²) in [5.74, 6) is 0. The molecular weight excluding hydrogens is 116 g/mol. The summed E-state index contributed by atoms with van der Waals surface area (Å²) in [4.78, 5) is 0. The second-order valence-electron chi connectivity index (χ2n) is 1.66. The standard InChI is InChI=1S/C5H4N4/c1-2-5-8-6-4-7-9(5)3-1/h1-4H. The van der Waals surface area contributed by atoms with Crippen molar-refractivity contribution in [2.24, 2.45) is 0 Å². The minimum atomic E-state index is 0.775. The van der Waals surface area contributed by atoms with Crippen molar-refractivity contribution in [3.05, 3.63) is 24.7 Å². The van der Waals surface area contributed by atoms with E-state index in [-0.39, 0.29) is 0 Å². The van der Waals surface area contributed by atoms with Crippen LogP contribution in [0.5, 0.6) is 0 Å². The number of aromatic nitrogens is 4. The summed E-state index contributed by atoms with van der Waals surface area (Å²) in [6, 6.07) is 3.72. The molecule has 0 aromatic carbocycles. The zero-order chi connectivity index (χ0) is 6.10. The number of rotatable bonds is 0. The zero-order valence-electron chi connectivity index (χ0n) is 4.60. The molecular formula is C5H4N4. The maximum atomic E-state index is 3.88. The van der Waals surface area contributed by atoms with Crippen LogP contribution in [0.15, 0.2) is 24.7 Å². The first-order valence-electron chi connectivity index (χ1n) is 2.58. The van der Waals surface area contributed by atoms with E-state index in [1.165, 1.54) is 6.33 Å². The lowest BCUT2D eigenvalue weighted by molar-refractivity contribution is 0.834. The number of fused-ring (bicyclic) bond motifs is 1. The Balaban J connectivity index is 2.95. The highest BCUT2D eigenvalue weighted by Crippen LogP contribution is 1.92. The fourth-order valence-electron chi connectivity index (χ4n) is 0.704. The third-order valence-electron chi connectivity index (χ3n) is 1.10. The SMILES string of the molecule is c1cc2nncnn2c1. The van der Waals surface area contributed by atoms with E-state index in [1.54, 1.807) is 4.52 Å². The molecule has 0 atom stereocenters. The zero-order valence-corrected chi connectivity index (χ0v) is 4.60. The summed E-state index contributed by atoms with van der Waals surface area (Å²) in [5, 5.41) is 11.3. The summed E-state index contributed by atoms with van der Waals surface area (Å²) in [6.07, 6.45) is 3.23. The van der Waals surface area contributed by atoms with Crippen molar-refractivity contribution >= 4 is 5.65 Å². The highest BCUT2D eigenvalue weighted by Gasteiger charge is 1.88. The lowest BCUT2D eigenvalue weighted by Gasteiger charge is -1.85. The molecule has 0 radical (unpaired) electrons. The van der Waals surface area contributed by atoms with Gasteiger partial charge in [0.25, 0.3) is 0 Å². The molecule has 2 rings (SSSR count). The van der Waals surface area contributed by atoms with Crippen molar-refractivity contribution in [2.75, 3.05) is 0 Å². The molecule has 4 heteroatoms. The molecule has 44 valence electrons. The Morgan fingerprint density at radius 1 is 1.44 bits per heavy atom. The molecule has 0 unspecified atom stereocenters. The summed E-state index contributed by atoms with van der Waals surface area (Å²) in [7, 11) is 0. The molecule has 0 amide bonds. The molecule has 2 aromatic heterocycles. The molecule has 0 spiro atoms. The van der Waals surface area contributed by atoms with Crippen LogP contribution in [0.2, 0.25) is 0 Å². The summed E-state index contributed by atoms with van der Waals surface area (Å²) in [6.45, 7) is 0. The number of hydrogen-bond donors (Lipinski definition) is 0. The van der Waals surface area contributed by atoms with Gasteiger partial charge in [-0.3, -0.25) is 0 Å². The van der Waals surface area contributed by atoms with Crippen LogP contribution in [0.1, 0.15) is 0 Å². The minimum Gasteiger partial charge on any atom is -0.219 e. The van der Waals surface area contributed by atoms with E-state index in [2.05, 4.69) is 15.3 Å². The fraction of sp³-hybridized carbons (Fsp3) is 0. The monoisotopic (exact) mass is 120 g/mol.